The van der Waals surface area contributed by atoms with E-state index >= 15 is 0 Å². The maximum Gasteiger partial charge on any atom is 0.313 e. The van der Waals surface area contributed by atoms with E-state index in [1.807, 2.05) is 6.92 Å². The molecule has 0 radical (unpaired) electrons. The molecule has 0 amide bonds. The van der Waals surface area contributed by atoms with Gasteiger partial charge >= 0.3 is 5.97 Å². The Balaban J connectivity index is 4.31. The lowest BCUT2D eigenvalue weighted by atomic mass is 9.85. The van der Waals surface area contributed by atoms with Crippen molar-refractivity contribution in [2.45, 2.75) is 33.3 Å². The zero-order chi connectivity index (χ0) is 9.07. The Labute approximate surface area is 67.4 Å². The van der Waals surface area contributed by atoms with Gasteiger partial charge in [0.15, 0.2) is 0 Å². The van der Waals surface area contributed by atoms with E-state index in [9.17, 15) is 9.90 Å². The molecule has 0 rings (SSSR count). The molecule has 0 aromatic heterocycles. The van der Waals surface area contributed by atoms with Gasteiger partial charge in [-0.15, -0.1) is 0 Å². The van der Waals surface area contributed by atoms with Crippen LogP contribution in [0.15, 0.2) is 0 Å². The second-order valence-electron chi connectivity index (χ2n) is 3.14. The van der Waals surface area contributed by atoms with Crippen LogP contribution in [0.2, 0.25) is 0 Å². The number of methoxy groups -OCH3 is 1. The number of ether oxygens (including phenoxy) is 1. The molecule has 66 valence electrons. The highest BCUT2D eigenvalue weighted by atomic mass is 16.5. The van der Waals surface area contributed by atoms with Crippen molar-refractivity contribution in [3.05, 3.63) is 0 Å². The summed E-state index contributed by atoms with van der Waals surface area (Å²) in [6.07, 6.45) is -0.0720. The number of carbonyl (C=O) groups is 1. The minimum Gasteiger partial charge on any atom is -0.469 e. The highest BCUT2D eigenvalue weighted by Gasteiger charge is 2.35. The summed E-state index contributed by atoms with van der Waals surface area (Å²) >= 11 is 0. The highest BCUT2D eigenvalue weighted by molar-refractivity contribution is 5.76. The Bertz CT molecular complexity index is 140. The molecule has 0 heterocycles. The van der Waals surface area contributed by atoms with Crippen LogP contribution in [0, 0.1) is 5.41 Å². The summed E-state index contributed by atoms with van der Waals surface area (Å²) in [6.45, 7) is 5.18. The highest BCUT2D eigenvalue weighted by Crippen LogP contribution is 2.24. The summed E-state index contributed by atoms with van der Waals surface area (Å²) in [4.78, 5) is 11.1. The summed E-state index contributed by atoms with van der Waals surface area (Å²) in [7, 11) is 1.33. The SMILES string of the molecule is CC[C@H](O)C(C)(C)C(=O)OC. The summed E-state index contributed by atoms with van der Waals surface area (Å²) in [5.74, 6) is -0.369. The third-order valence-corrected chi connectivity index (χ3v) is 1.93. The average Bonchev–Trinajstić information content (AvgIpc) is 2.01. The van der Waals surface area contributed by atoms with Gasteiger partial charge in [-0.3, -0.25) is 4.79 Å². The fourth-order valence-electron chi connectivity index (χ4n) is 0.909. The first-order chi connectivity index (χ1) is 4.96. The Morgan fingerprint density at radius 2 is 2.09 bits per heavy atom. The summed E-state index contributed by atoms with van der Waals surface area (Å²) < 4.78 is 4.54. The molecule has 0 unspecified atom stereocenters. The predicted molar refractivity (Wildman–Crippen MR) is 42.1 cm³/mol. The van der Waals surface area contributed by atoms with Crippen LogP contribution in [0.25, 0.3) is 0 Å². The first kappa shape index (κ1) is 10.4. The van der Waals surface area contributed by atoms with Crippen molar-refractivity contribution in [3.63, 3.8) is 0 Å². The van der Waals surface area contributed by atoms with Crippen molar-refractivity contribution in [1.29, 1.82) is 0 Å². The molecule has 0 aliphatic heterocycles. The number of rotatable bonds is 3. The molecule has 0 bridgehead atoms. The molecule has 11 heavy (non-hydrogen) atoms. The van der Waals surface area contributed by atoms with Crippen LogP contribution in [0.1, 0.15) is 27.2 Å². The fraction of sp³-hybridized carbons (Fsp3) is 0.875. The third kappa shape index (κ3) is 2.19. The van der Waals surface area contributed by atoms with Crippen molar-refractivity contribution in [2.75, 3.05) is 7.11 Å². The summed E-state index contributed by atoms with van der Waals surface area (Å²) in [5.41, 5.74) is -0.788. The molecule has 0 aliphatic rings. The second-order valence-corrected chi connectivity index (χ2v) is 3.14. The van der Waals surface area contributed by atoms with Gasteiger partial charge in [-0.1, -0.05) is 6.92 Å². The third-order valence-electron chi connectivity index (χ3n) is 1.93. The number of aliphatic hydroxyl groups excluding tert-OH is 1. The minimum absolute atomic E-state index is 0.369. The van der Waals surface area contributed by atoms with Crippen LogP contribution >= 0.6 is 0 Å². The quantitative estimate of drug-likeness (QED) is 0.625. The number of carbonyl (C=O) groups excluding carboxylic acids is 1. The predicted octanol–water partition coefficient (Wildman–Crippen LogP) is 0.956. The van der Waals surface area contributed by atoms with Gasteiger partial charge in [0.05, 0.1) is 18.6 Å². The van der Waals surface area contributed by atoms with Crippen LogP contribution in [-0.2, 0) is 9.53 Å². The minimum atomic E-state index is -0.788. The molecule has 0 saturated carbocycles. The van der Waals surface area contributed by atoms with E-state index in [1.54, 1.807) is 13.8 Å². The van der Waals surface area contributed by atoms with E-state index in [0.717, 1.165) is 0 Å². The molecule has 0 saturated heterocycles. The van der Waals surface area contributed by atoms with Crippen LogP contribution in [-0.4, -0.2) is 24.3 Å². The van der Waals surface area contributed by atoms with Crippen molar-refractivity contribution >= 4 is 5.97 Å². The van der Waals surface area contributed by atoms with Crippen molar-refractivity contribution in [2.24, 2.45) is 5.41 Å². The Hall–Kier alpha value is -0.570. The van der Waals surface area contributed by atoms with E-state index in [1.165, 1.54) is 7.11 Å². The molecular weight excluding hydrogens is 144 g/mol. The molecule has 1 atom stereocenters. The van der Waals surface area contributed by atoms with E-state index in [0.29, 0.717) is 6.42 Å². The molecular formula is C8H16O3. The monoisotopic (exact) mass is 160 g/mol. The van der Waals surface area contributed by atoms with Crippen molar-refractivity contribution in [1.82, 2.24) is 0 Å². The molecule has 1 N–H and O–H groups in total. The van der Waals surface area contributed by atoms with Gasteiger partial charge in [0.1, 0.15) is 0 Å². The second kappa shape index (κ2) is 3.72. The number of esters is 1. The van der Waals surface area contributed by atoms with Gasteiger partial charge < -0.3 is 9.84 Å². The fourth-order valence-corrected chi connectivity index (χ4v) is 0.909. The van der Waals surface area contributed by atoms with Gasteiger partial charge in [-0.25, -0.2) is 0 Å². The van der Waals surface area contributed by atoms with E-state index in [4.69, 9.17) is 0 Å². The van der Waals surface area contributed by atoms with Crippen LogP contribution in [0.5, 0.6) is 0 Å². The number of hydrogen-bond acceptors (Lipinski definition) is 3. The van der Waals surface area contributed by atoms with Gasteiger partial charge in [-0.2, -0.15) is 0 Å². The molecule has 0 fully saturated rings. The largest absolute Gasteiger partial charge is 0.469 e. The van der Waals surface area contributed by atoms with E-state index in [-0.39, 0.29) is 5.97 Å². The van der Waals surface area contributed by atoms with E-state index in [2.05, 4.69) is 4.74 Å². The first-order valence-electron chi connectivity index (χ1n) is 3.73. The topological polar surface area (TPSA) is 46.5 Å². The van der Waals surface area contributed by atoms with Crippen molar-refractivity contribution in [3.8, 4) is 0 Å². The molecule has 0 aliphatic carbocycles. The average molecular weight is 160 g/mol. The lowest BCUT2D eigenvalue weighted by Crippen LogP contribution is -2.37. The number of aliphatic hydroxyl groups is 1. The molecule has 0 aromatic carbocycles. The van der Waals surface area contributed by atoms with Gasteiger partial charge in [0.2, 0.25) is 0 Å². The van der Waals surface area contributed by atoms with Gasteiger partial charge in [0, 0.05) is 0 Å². The van der Waals surface area contributed by atoms with Crippen LogP contribution in [0.4, 0.5) is 0 Å². The zero-order valence-electron chi connectivity index (χ0n) is 7.55. The molecule has 0 spiro atoms. The normalized spacial score (nSPS) is 14.3. The van der Waals surface area contributed by atoms with Crippen molar-refractivity contribution < 1.29 is 14.6 Å². The molecule has 3 heteroatoms. The Morgan fingerprint density at radius 1 is 1.64 bits per heavy atom. The summed E-state index contributed by atoms with van der Waals surface area (Å²) in [5, 5.41) is 9.39. The van der Waals surface area contributed by atoms with Gasteiger partial charge in [-0.05, 0) is 20.3 Å². The van der Waals surface area contributed by atoms with Crippen LogP contribution < -0.4 is 0 Å². The maximum absolute atomic E-state index is 11.1. The standard InChI is InChI=1S/C8H16O3/c1-5-6(9)8(2,3)7(10)11-4/h6,9H,5H2,1-4H3/t6-/m0/s1. The zero-order valence-corrected chi connectivity index (χ0v) is 7.55. The van der Waals surface area contributed by atoms with Gasteiger partial charge in [0.25, 0.3) is 0 Å². The molecule has 0 aromatic rings. The van der Waals surface area contributed by atoms with Crippen LogP contribution in [0.3, 0.4) is 0 Å². The summed E-state index contributed by atoms with van der Waals surface area (Å²) in [6, 6.07) is 0. The maximum atomic E-state index is 11.1. The molecule has 3 nitrogen and oxygen atoms in total. The Kier molecular flexibility index (Phi) is 3.52. The Morgan fingerprint density at radius 3 is 2.36 bits per heavy atom. The number of hydrogen-bond donors (Lipinski definition) is 1. The lowest BCUT2D eigenvalue weighted by Gasteiger charge is -2.26. The lowest BCUT2D eigenvalue weighted by molar-refractivity contribution is -0.157. The first-order valence-corrected chi connectivity index (χ1v) is 3.73. The van der Waals surface area contributed by atoms with E-state index < -0.39 is 11.5 Å². The smallest absolute Gasteiger partial charge is 0.313 e.